The lowest BCUT2D eigenvalue weighted by Gasteiger charge is -2.38. The van der Waals surface area contributed by atoms with Gasteiger partial charge in [0.1, 0.15) is 0 Å². The molecule has 1 aromatic carbocycles. The van der Waals surface area contributed by atoms with E-state index in [-0.39, 0.29) is 5.41 Å². The summed E-state index contributed by atoms with van der Waals surface area (Å²) >= 11 is 0. The number of carboxylic acid groups (broad SMARTS) is 1. The number of carboxylic acids is 1. The second-order valence-corrected chi connectivity index (χ2v) is 7.01. The van der Waals surface area contributed by atoms with Gasteiger partial charge in [0.05, 0.1) is 5.41 Å². The average molecular weight is 260 g/mol. The number of hydrogen-bond acceptors (Lipinski definition) is 1. The molecular formula is C17H24O2. The molecule has 2 rings (SSSR count). The van der Waals surface area contributed by atoms with Gasteiger partial charge in [0.25, 0.3) is 0 Å². The van der Waals surface area contributed by atoms with Gasteiger partial charge < -0.3 is 5.11 Å². The van der Waals surface area contributed by atoms with Crippen LogP contribution in [0.15, 0.2) is 18.2 Å². The summed E-state index contributed by atoms with van der Waals surface area (Å²) in [6.45, 7) is 8.66. The van der Waals surface area contributed by atoms with E-state index in [9.17, 15) is 9.90 Å². The fourth-order valence-electron chi connectivity index (χ4n) is 2.76. The highest BCUT2D eigenvalue weighted by Gasteiger charge is 2.44. The molecule has 0 heterocycles. The monoisotopic (exact) mass is 260 g/mol. The van der Waals surface area contributed by atoms with Crippen molar-refractivity contribution in [3.63, 3.8) is 0 Å². The van der Waals surface area contributed by atoms with Crippen LogP contribution in [0.2, 0.25) is 0 Å². The van der Waals surface area contributed by atoms with Gasteiger partial charge in [0, 0.05) is 0 Å². The van der Waals surface area contributed by atoms with Crippen molar-refractivity contribution < 1.29 is 9.90 Å². The van der Waals surface area contributed by atoms with E-state index in [2.05, 4.69) is 45.9 Å². The number of rotatable bonds is 3. The van der Waals surface area contributed by atoms with E-state index in [0.29, 0.717) is 6.42 Å². The Morgan fingerprint density at radius 2 is 1.95 bits per heavy atom. The zero-order valence-corrected chi connectivity index (χ0v) is 12.4. The molecule has 0 bridgehead atoms. The summed E-state index contributed by atoms with van der Waals surface area (Å²) in [4.78, 5) is 11.5. The molecule has 0 radical (unpaired) electrons. The predicted octanol–water partition coefficient (Wildman–Crippen LogP) is 4.09. The fourth-order valence-corrected chi connectivity index (χ4v) is 2.76. The molecule has 0 aromatic heterocycles. The maximum atomic E-state index is 11.5. The zero-order valence-electron chi connectivity index (χ0n) is 12.4. The van der Waals surface area contributed by atoms with Crippen molar-refractivity contribution in [3.8, 4) is 0 Å². The highest BCUT2D eigenvalue weighted by Crippen LogP contribution is 2.44. The quantitative estimate of drug-likeness (QED) is 0.888. The normalized spacial score (nSPS) is 17.9. The second-order valence-electron chi connectivity index (χ2n) is 7.01. The molecule has 19 heavy (non-hydrogen) atoms. The fraction of sp³-hybridized carbons (Fsp3) is 0.588. The highest BCUT2D eigenvalue weighted by atomic mass is 16.4. The zero-order chi connectivity index (χ0) is 14.3. The first-order valence-electron chi connectivity index (χ1n) is 7.08. The third-order valence-corrected chi connectivity index (χ3v) is 4.51. The largest absolute Gasteiger partial charge is 0.481 e. The summed E-state index contributed by atoms with van der Waals surface area (Å²) in [5.41, 5.74) is 3.31. The molecule has 1 aliphatic carbocycles. The molecule has 0 amide bonds. The molecule has 1 aliphatic rings. The molecule has 0 saturated heterocycles. The number of benzene rings is 1. The van der Waals surface area contributed by atoms with Crippen LogP contribution in [0.3, 0.4) is 0 Å². The van der Waals surface area contributed by atoms with Gasteiger partial charge in [-0.05, 0) is 48.3 Å². The first-order chi connectivity index (χ1) is 8.74. The van der Waals surface area contributed by atoms with Crippen molar-refractivity contribution in [2.75, 3.05) is 0 Å². The SMILES string of the molecule is Cc1ccc(C(C)(C)C)cc1CC1(C(=O)O)CCC1. The lowest BCUT2D eigenvalue weighted by molar-refractivity contribution is -0.154. The van der Waals surface area contributed by atoms with Crippen LogP contribution in [0, 0.1) is 12.3 Å². The van der Waals surface area contributed by atoms with Crippen molar-refractivity contribution >= 4 is 5.97 Å². The lowest BCUT2D eigenvalue weighted by Crippen LogP contribution is -2.40. The van der Waals surface area contributed by atoms with Gasteiger partial charge in [-0.1, -0.05) is 45.4 Å². The Kier molecular flexibility index (Phi) is 3.46. The molecule has 2 nitrogen and oxygen atoms in total. The van der Waals surface area contributed by atoms with Crippen LogP contribution in [-0.2, 0) is 16.6 Å². The molecule has 1 fully saturated rings. The van der Waals surface area contributed by atoms with Crippen molar-refractivity contribution in [1.82, 2.24) is 0 Å². The lowest BCUT2D eigenvalue weighted by atomic mass is 9.65. The third kappa shape index (κ3) is 2.68. The maximum Gasteiger partial charge on any atom is 0.309 e. The van der Waals surface area contributed by atoms with Gasteiger partial charge in [-0.15, -0.1) is 0 Å². The van der Waals surface area contributed by atoms with E-state index >= 15 is 0 Å². The van der Waals surface area contributed by atoms with E-state index in [1.165, 1.54) is 16.7 Å². The first kappa shape index (κ1) is 14.1. The highest BCUT2D eigenvalue weighted by molar-refractivity contribution is 5.76. The Hall–Kier alpha value is -1.31. The Bertz CT molecular complexity index is 490. The van der Waals surface area contributed by atoms with Crippen LogP contribution in [0.5, 0.6) is 0 Å². The minimum atomic E-state index is -0.626. The van der Waals surface area contributed by atoms with Gasteiger partial charge in [-0.2, -0.15) is 0 Å². The van der Waals surface area contributed by atoms with E-state index in [1.54, 1.807) is 0 Å². The summed E-state index contributed by atoms with van der Waals surface area (Å²) < 4.78 is 0. The summed E-state index contributed by atoms with van der Waals surface area (Å²) in [5.74, 6) is -0.626. The van der Waals surface area contributed by atoms with Crippen molar-refractivity contribution in [2.24, 2.45) is 5.41 Å². The summed E-state index contributed by atoms with van der Waals surface area (Å²) in [7, 11) is 0. The molecule has 0 spiro atoms. The number of hydrogen-bond donors (Lipinski definition) is 1. The van der Waals surface area contributed by atoms with Crippen molar-refractivity contribution in [1.29, 1.82) is 0 Å². The Morgan fingerprint density at radius 1 is 1.32 bits per heavy atom. The van der Waals surface area contributed by atoms with E-state index in [0.717, 1.165) is 19.3 Å². The molecular weight excluding hydrogens is 236 g/mol. The number of carbonyl (C=O) groups is 1. The summed E-state index contributed by atoms with van der Waals surface area (Å²) in [6.07, 6.45) is 3.37. The predicted molar refractivity (Wildman–Crippen MR) is 77.5 cm³/mol. The van der Waals surface area contributed by atoms with Gasteiger partial charge in [-0.3, -0.25) is 4.79 Å². The van der Waals surface area contributed by atoms with Crippen LogP contribution in [0.1, 0.15) is 56.7 Å². The standard InChI is InChI=1S/C17H24O2/c1-12-6-7-14(16(2,3)4)10-13(12)11-17(15(18)19)8-5-9-17/h6-7,10H,5,8-9,11H2,1-4H3,(H,18,19). The Balaban J connectivity index is 2.32. The summed E-state index contributed by atoms with van der Waals surface area (Å²) in [5, 5.41) is 9.47. The topological polar surface area (TPSA) is 37.3 Å². The van der Waals surface area contributed by atoms with Gasteiger partial charge in [-0.25, -0.2) is 0 Å². The van der Waals surface area contributed by atoms with Crippen LogP contribution < -0.4 is 0 Å². The van der Waals surface area contributed by atoms with Gasteiger partial charge in [0.2, 0.25) is 0 Å². The number of aryl methyl sites for hydroxylation is 1. The van der Waals surface area contributed by atoms with Crippen LogP contribution >= 0.6 is 0 Å². The molecule has 1 N–H and O–H groups in total. The molecule has 104 valence electrons. The van der Waals surface area contributed by atoms with Crippen molar-refractivity contribution in [3.05, 3.63) is 34.9 Å². The van der Waals surface area contributed by atoms with Gasteiger partial charge in [0.15, 0.2) is 0 Å². The first-order valence-corrected chi connectivity index (χ1v) is 7.08. The van der Waals surface area contributed by atoms with E-state index < -0.39 is 11.4 Å². The molecule has 2 heteroatoms. The van der Waals surface area contributed by atoms with E-state index in [4.69, 9.17) is 0 Å². The number of aliphatic carboxylic acids is 1. The van der Waals surface area contributed by atoms with Crippen LogP contribution in [0.25, 0.3) is 0 Å². The average Bonchev–Trinajstić information content (AvgIpc) is 2.23. The van der Waals surface area contributed by atoms with Crippen LogP contribution in [0.4, 0.5) is 0 Å². The molecule has 1 aromatic rings. The third-order valence-electron chi connectivity index (χ3n) is 4.51. The maximum absolute atomic E-state index is 11.5. The minimum absolute atomic E-state index is 0.110. The van der Waals surface area contributed by atoms with E-state index in [1.807, 2.05) is 0 Å². The Labute approximate surface area is 115 Å². The summed E-state index contributed by atoms with van der Waals surface area (Å²) in [6, 6.07) is 6.50. The molecule has 0 unspecified atom stereocenters. The van der Waals surface area contributed by atoms with Crippen LogP contribution in [-0.4, -0.2) is 11.1 Å². The molecule has 1 saturated carbocycles. The molecule has 0 atom stereocenters. The minimum Gasteiger partial charge on any atom is -0.481 e. The smallest absolute Gasteiger partial charge is 0.309 e. The van der Waals surface area contributed by atoms with Crippen molar-refractivity contribution in [2.45, 2.75) is 58.8 Å². The second kappa shape index (κ2) is 4.66. The Morgan fingerprint density at radius 3 is 2.37 bits per heavy atom. The molecule has 0 aliphatic heterocycles. The van der Waals surface area contributed by atoms with Gasteiger partial charge >= 0.3 is 5.97 Å².